The Morgan fingerprint density at radius 1 is 0.893 bits per heavy atom. The zero-order valence-electron chi connectivity index (χ0n) is 16.1. The monoisotopic (exact) mass is 440 g/mol. The van der Waals surface area contributed by atoms with E-state index in [0.29, 0.717) is 34.6 Å². The highest BCUT2D eigenvalue weighted by Gasteiger charge is 2.26. The predicted molar refractivity (Wildman–Crippen MR) is 116 cm³/mol. The molecule has 1 saturated heterocycles. The van der Waals surface area contributed by atoms with Gasteiger partial charge in [0.05, 0.1) is 14.9 Å². The van der Waals surface area contributed by atoms with Crippen LogP contribution in [0.15, 0.2) is 47.4 Å². The second-order valence-electron chi connectivity index (χ2n) is 7.18. The van der Waals surface area contributed by atoms with E-state index in [1.54, 1.807) is 22.5 Å². The van der Waals surface area contributed by atoms with Gasteiger partial charge in [0, 0.05) is 26.2 Å². The molecule has 0 saturated carbocycles. The van der Waals surface area contributed by atoms with Crippen molar-refractivity contribution in [2.24, 2.45) is 0 Å². The number of halogens is 2. The van der Waals surface area contributed by atoms with Crippen LogP contribution in [0, 0.1) is 0 Å². The molecule has 0 radical (unpaired) electrons. The van der Waals surface area contributed by atoms with E-state index in [9.17, 15) is 8.42 Å². The molecule has 0 aliphatic carbocycles. The maximum Gasteiger partial charge on any atom is 0.243 e. The number of rotatable bonds is 6. The van der Waals surface area contributed by atoms with E-state index in [-0.39, 0.29) is 0 Å². The Hall–Kier alpha value is -1.11. The minimum absolute atomic E-state index is 0.380. The van der Waals surface area contributed by atoms with Crippen LogP contribution in [0.4, 0.5) is 0 Å². The molecule has 152 valence electrons. The van der Waals surface area contributed by atoms with Crippen molar-refractivity contribution in [1.82, 2.24) is 9.21 Å². The lowest BCUT2D eigenvalue weighted by atomic mass is 10.1. The van der Waals surface area contributed by atoms with Gasteiger partial charge in [-0.1, -0.05) is 54.7 Å². The number of hydrogen-bond donors (Lipinski definition) is 0. The van der Waals surface area contributed by atoms with Crippen molar-refractivity contribution in [2.75, 3.05) is 26.2 Å². The molecule has 0 aromatic heterocycles. The molecule has 0 amide bonds. The normalized spacial score (nSPS) is 16.8. The fourth-order valence-corrected chi connectivity index (χ4v) is 5.30. The first kappa shape index (κ1) is 21.6. The van der Waals surface area contributed by atoms with Crippen LogP contribution in [0.5, 0.6) is 0 Å². The summed E-state index contributed by atoms with van der Waals surface area (Å²) in [5.74, 6) is 0. The Morgan fingerprint density at radius 2 is 1.61 bits per heavy atom. The van der Waals surface area contributed by atoms with Crippen molar-refractivity contribution in [1.29, 1.82) is 0 Å². The maximum atomic E-state index is 13.0. The van der Waals surface area contributed by atoms with E-state index in [1.165, 1.54) is 5.56 Å². The first-order chi connectivity index (χ1) is 13.4. The van der Waals surface area contributed by atoms with Crippen LogP contribution < -0.4 is 0 Å². The van der Waals surface area contributed by atoms with E-state index in [2.05, 4.69) is 11.8 Å². The Bertz CT molecular complexity index is 901. The van der Waals surface area contributed by atoms with Crippen molar-refractivity contribution < 1.29 is 8.42 Å². The summed E-state index contributed by atoms with van der Waals surface area (Å²) < 4.78 is 27.7. The highest BCUT2D eigenvalue weighted by atomic mass is 35.5. The average Bonchev–Trinajstić information content (AvgIpc) is 2.92. The summed E-state index contributed by atoms with van der Waals surface area (Å²) in [6, 6.07) is 13.0. The summed E-state index contributed by atoms with van der Waals surface area (Å²) in [5.41, 5.74) is 2.25. The molecule has 0 unspecified atom stereocenters. The number of benzene rings is 2. The van der Waals surface area contributed by atoms with Gasteiger partial charge in [-0.3, -0.25) is 4.90 Å². The summed E-state index contributed by atoms with van der Waals surface area (Å²) in [6.07, 6.45) is 2.81. The molecule has 4 nitrogen and oxygen atoms in total. The summed E-state index contributed by atoms with van der Waals surface area (Å²) in [6.45, 7) is 5.41. The van der Waals surface area contributed by atoms with E-state index < -0.39 is 10.0 Å². The average molecular weight is 441 g/mol. The molecule has 1 aliphatic heterocycles. The number of nitrogens with zero attached hydrogens (tertiary/aromatic N) is 2. The molecule has 1 heterocycles. The molecule has 3 rings (SSSR count). The van der Waals surface area contributed by atoms with Crippen LogP contribution in [0.2, 0.25) is 10.0 Å². The lowest BCUT2D eigenvalue weighted by molar-refractivity contribution is 0.278. The fraction of sp³-hybridized carbons (Fsp3) is 0.429. The molecule has 0 spiro atoms. The molecule has 1 fully saturated rings. The number of hydrogen-bond acceptors (Lipinski definition) is 3. The van der Waals surface area contributed by atoms with Crippen LogP contribution >= 0.6 is 23.2 Å². The van der Waals surface area contributed by atoms with E-state index >= 15 is 0 Å². The molecular weight excluding hydrogens is 415 g/mol. The van der Waals surface area contributed by atoms with E-state index in [1.807, 2.05) is 24.3 Å². The van der Waals surface area contributed by atoms with Crippen molar-refractivity contribution >= 4 is 33.2 Å². The maximum absolute atomic E-state index is 13.0. The van der Waals surface area contributed by atoms with Crippen molar-refractivity contribution in [3.8, 4) is 0 Å². The van der Waals surface area contributed by atoms with Gasteiger partial charge >= 0.3 is 0 Å². The third-order valence-corrected chi connectivity index (χ3v) is 7.69. The van der Waals surface area contributed by atoms with Crippen LogP contribution in [0.3, 0.4) is 0 Å². The highest BCUT2D eigenvalue weighted by molar-refractivity contribution is 7.89. The fourth-order valence-electron chi connectivity index (χ4n) is 3.51. The minimum atomic E-state index is -3.46. The van der Waals surface area contributed by atoms with Gasteiger partial charge in [0.1, 0.15) is 0 Å². The van der Waals surface area contributed by atoms with Crippen LogP contribution in [0.25, 0.3) is 0 Å². The smallest absolute Gasteiger partial charge is 0.243 e. The zero-order valence-corrected chi connectivity index (χ0v) is 18.4. The quantitative estimate of drug-likeness (QED) is 0.644. The first-order valence-corrected chi connectivity index (χ1v) is 11.8. The van der Waals surface area contributed by atoms with Crippen molar-refractivity contribution in [3.05, 3.63) is 63.6 Å². The van der Waals surface area contributed by atoms with Gasteiger partial charge in [-0.05, 0) is 54.8 Å². The second kappa shape index (κ2) is 9.59. The van der Waals surface area contributed by atoms with Crippen LogP contribution in [0.1, 0.15) is 30.9 Å². The van der Waals surface area contributed by atoms with Crippen molar-refractivity contribution in [3.63, 3.8) is 0 Å². The van der Waals surface area contributed by atoms with Gasteiger partial charge in [0.15, 0.2) is 0 Å². The number of sulfonamides is 1. The van der Waals surface area contributed by atoms with Crippen LogP contribution in [-0.2, 0) is 23.0 Å². The molecule has 0 N–H and O–H groups in total. The summed E-state index contributed by atoms with van der Waals surface area (Å²) in [7, 11) is -3.46. The standard InChI is InChI=1S/C21H26Cl2N2O2S/c1-2-4-17-5-8-19(9-6-17)28(26,27)25-12-3-11-24(13-14-25)16-18-7-10-20(22)21(23)15-18/h5-10,15H,2-4,11-14,16H2,1H3. The van der Waals surface area contributed by atoms with Gasteiger partial charge in [-0.25, -0.2) is 8.42 Å². The van der Waals surface area contributed by atoms with Gasteiger partial charge in [-0.2, -0.15) is 4.31 Å². The Labute approximate surface area is 178 Å². The van der Waals surface area contributed by atoms with E-state index in [0.717, 1.165) is 37.9 Å². The van der Waals surface area contributed by atoms with Gasteiger partial charge in [0.25, 0.3) is 0 Å². The summed E-state index contributed by atoms with van der Waals surface area (Å²) in [4.78, 5) is 2.64. The zero-order chi connectivity index (χ0) is 20.1. The second-order valence-corrected chi connectivity index (χ2v) is 9.93. The lowest BCUT2D eigenvalue weighted by Gasteiger charge is -2.22. The Morgan fingerprint density at radius 3 is 2.29 bits per heavy atom. The third-order valence-electron chi connectivity index (χ3n) is 5.04. The highest BCUT2D eigenvalue weighted by Crippen LogP contribution is 2.24. The molecule has 2 aromatic rings. The van der Waals surface area contributed by atoms with Crippen molar-refractivity contribution in [2.45, 2.75) is 37.6 Å². The summed E-state index contributed by atoms with van der Waals surface area (Å²) in [5, 5.41) is 1.09. The van der Waals surface area contributed by atoms with E-state index in [4.69, 9.17) is 23.2 Å². The van der Waals surface area contributed by atoms with Crippen LogP contribution in [-0.4, -0.2) is 43.8 Å². The molecule has 1 aliphatic rings. The Kier molecular flexibility index (Phi) is 7.40. The largest absolute Gasteiger partial charge is 0.298 e. The molecular formula is C21H26Cl2N2O2S. The molecule has 0 bridgehead atoms. The predicted octanol–water partition coefficient (Wildman–Crippen LogP) is 4.84. The molecule has 2 aromatic carbocycles. The minimum Gasteiger partial charge on any atom is -0.298 e. The van der Waals surface area contributed by atoms with Gasteiger partial charge in [0.2, 0.25) is 10.0 Å². The molecule has 28 heavy (non-hydrogen) atoms. The SMILES string of the molecule is CCCc1ccc(S(=O)(=O)N2CCCN(Cc3ccc(Cl)c(Cl)c3)CC2)cc1. The third kappa shape index (κ3) is 5.28. The van der Waals surface area contributed by atoms with Gasteiger partial charge < -0.3 is 0 Å². The summed E-state index contributed by atoms with van der Waals surface area (Å²) >= 11 is 12.1. The molecule has 7 heteroatoms. The Balaban J connectivity index is 1.65. The van der Waals surface area contributed by atoms with Gasteiger partial charge in [-0.15, -0.1) is 0 Å². The topological polar surface area (TPSA) is 40.6 Å². The number of aryl methyl sites for hydroxylation is 1. The molecule has 0 atom stereocenters. The lowest BCUT2D eigenvalue weighted by Crippen LogP contribution is -2.35. The first-order valence-electron chi connectivity index (χ1n) is 9.65.